The number of nitrogens with one attached hydrogen (secondary N) is 2. The summed E-state index contributed by atoms with van der Waals surface area (Å²) in [6.45, 7) is 2.08. The lowest BCUT2D eigenvalue weighted by Crippen LogP contribution is -2.09. The highest BCUT2D eigenvalue weighted by molar-refractivity contribution is 5.71. The average Bonchev–Trinajstić information content (AvgIpc) is 3.19. The highest BCUT2D eigenvalue weighted by Crippen LogP contribution is 2.23. The van der Waals surface area contributed by atoms with Crippen LogP contribution >= 0.6 is 0 Å². The number of hydrogen-bond acceptors (Lipinski definition) is 6. The number of aromatic nitrogens is 4. The first kappa shape index (κ1) is 21.4. The standard InChI is InChI=1S/C8H10N6.C7H8.C6H12O/c1-10-7-5(4-12-14-7)6-2-3-11-8(9)13-6;1-7-5-3-2-4-6-7;7-6-4-2-1-3-5-6/h2-4H,1H3,(H2,9,11,13)(H2,10,12,14);2-6H,1H3;6-7H,1-5H2. The Labute approximate surface area is 166 Å². The Morgan fingerprint density at radius 2 is 1.82 bits per heavy atom. The number of rotatable bonds is 2. The summed E-state index contributed by atoms with van der Waals surface area (Å²) in [6, 6.07) is 12.0. The minimum Gasteiger partial charge on any atom is -0.393 e. The predicted octanol–water partition coefficient (Wildman–Crippen LogP) is 3.80. The molecule has 0 saturated heterocycles. The molecular formula is C21H30N6O. The highest BCUT2D eigenvalue weighted by atomic mass is 16.3. The third-order valence-corrected chi connectivity index (χ3v) is 4.35. The number of H-pyrrole nitrogens is 1. The second kappa shape index (κ2) is 11.7. The lowest BCUT2D eigenvalue weighted by molar-refractivity contribution is 0.130. The van der Waals surface area contributed by atoms with Crippen LogP contribution in [0.25, 0.3) is 11.3 Å². The van der Waals surface area contributed by atoms with E-state index in [9.17, 15) is 0 Å². The van der Waals surface area contributed by atoms with Crippen LogP contribution in [0.4, 0.5) is 11.8 Å². The number of anilines is 2. The van der Waals surface area contributed by atoms with Gasteiger partial charge in [0.15, 0.2) is 0 Å². The maximum Gasteiger partial charge on any atom is 0.220 e. The summed E-state index contributed by atoms with van der Waals surface area (Å²) in [5.41, 5.74) is 8.43. The van der Waals surface area contributed by atoms with E-state index in [1.165, 1.54) is 24.8 Å². The number of nitrogens with two attached hydrogens (primary N) is 1. The van der Waals surface area contributed by atoms with Crippen LogP contribution in [0.2, 0.25) is 0 Å². The van der Waals surface area contributed by atoms with Crippen LogP contribution in [0.15, 0.2) is 48.8 Å². The van der Waals surface area contributed by atoms with Crippen LogP contribution in [-0.4, -0.2) is 38.4 Å². The van der Waals surface area contributed by atoms with Crippen LogP contribution in [0.5, 0.6) is 0 Å². The lowest BCUT2D eigenvalue weighted by Gasteiger charge is -2.14. The summed E-state index contributed by atoms with van der Waals surface area (Å²) in [5.74, 6) is 1.06. The number of nitrogen functional groups attached to an aromatic ring is 1. The second-order valence-electron chi connectivity index (χ2n) is 6.66. The first-order valence-corrected chi connectivity index (χ1v) is 9.60. The van der Waals surface area contributed by atoms with Crippen LogP contribution in [0.1, 0.15) is 37.7 Å². The van der Waals surface area contributed by atoms with Crippen molar-refractivity contribution >= 4 is 11.8 Å². The number of aromatic amines is 1. The zero-order valence-electron chi connectivity index (χ0n) is 16.6. The van der Waals surface area contributed by atoms with E-state index in [0.717, 1.165) is 29.9 Å². The molecule has 3 aromatic rings. The molecule has 1 saturated carbocycles. The minimum atomic E-state index is 0.0359. The number of aryl methyl sites for hydroxylation is 1. The maximum atomic E-state index is 8.91. The molecule has 0 radical (unpaired) electrons. The molecule has 28 heavy (non-hydrogen) atoms. The van der Waals surface area contributed by atoms with E-state index in [1.54, 1.807) is 18.5 Å². The van der Waals surface area contributed by atoms with Gasteiger partial charge in [-0.3, -0.25) is 5.10 Å². The Kier molecular flexibility index (Phi) is 8.94. The zero-order valence-corrected chi connectivity index (χ0v) is 16.6. The molecule has 150 valence electrons. The smallest absolute Gasteiger partial charge is 0.220 e. The van der Waals surface area contributed by atoms with Gasteiger partial charge >= 0.3 is 0 Å². The van der Waals surface area contributed by atoms with Crippen molar-refractivity contribution in [1.29, 1.82) is 0 Å². The highest BCUT2D eigenvalue weighted by Gasteiger charge is 2.08. The van der Waals surface area contributed by atoms with Crippen molar-refractivity contribution in [3.05, 3.63) is 54.4 Å². The third-order valence-electron chi connectivity index (χ3n) is 4.35. The van der Waals surface area contributed by atoms with Crippen molar-refractivity contribution in [1.82, 2.24) is 20.2 Å². The maximum absolute atomic E-state index is 8.91. The van der Waals surface area contributed by atoms with Crippen LogP contribution in [0.3, 0.4) is 0 Å². The van der Waals surface area contributed by atoms with Crippen molar-refractivity contribution in [2.24, 2.45) is 0 Å². The Morgan fingerprint density at radius 3 is 2.32 bits per heavy atom. The van der Waals surface area contributed by atoms with Crippen molar-refractivity contribution in [2.45, 2.75) is 45.1 Å². The monoisotopic (exact) mass is 382 g/mol. The van der Waals surface area contributed by atoms with Gasteiger partial charge in [0.2, 0.25) is 5.95 Å². The average molecular weight is 383 g/mol. The molecule has 0 spiro atoms. The lowest BCUT2D eigenvalue weighted by atomic mass is 9.98. The molecule has 0 unspecified atom stereocenters. The largest absolute Gasteiger partial charge is 0.393 e. The molecule has 7 heteroatoms. The van der Waals surface area contributed by atoms with E-state index in [2.05, 4.69) is 44.5 Å². The fourth-order valence-corrected chi connectivity index (χ4v) is 2.81. The van der Waals surface area contributed by atoms with Gasteiger partial charge in [-0.15, -0.1) is 0 Å². The number of nitrogens with zero attached hydrogens (tertiary/aromatic N) is 3. The molecule has 2 heterocycles. The Bertz CT molecular complexity index is 799. The third kappa shape index (κ3) is 7.36. The first-order chi connectivity index (χ1) is 13.6. The summed E-state index contributed by atoms with van der Waals surface area (Å²) in [6.07, 6.45) is 9.23. The number of hydrogen-bond donors (Lipinski definition) is 4. The van der Waals surface area contributed by atoms with Gasteiger partial charge in [-0.25, -0.2) is 9.97 Å². The molecule has 2 aromatic heterocycles. The predicted molar refractivity (Wildman–Crippen MR) is 114 cm³/mol. The van der Waals surface area contributed by atoms with Gasteiger partial charge in [0.05, 0.1) is 23.6 Å². The first-order valence-electron chi connectivity index (χ1n) is 9.60. The molecule has 1 aliphatic rings. The van der Waals surface area contributed by atoms with Gasteiger partial charge in [-0.1, -0.05) is 55.2 Å². The van der Waals surface area contributed by atoms with Gasteiger partial charge in [-0.05, 0) is 25.8 Å². The van der Waals surface area contributed by atoms with E-state index in [0.29, 0.717) is 0 Å². The summed E-state index contributed by atoms with van der Waals surface area (Å²) in [4.78, 5) is 7.91. The summed E-state index contributed by atoms with van der Waals surface area (Å²) >= 11 is 0. The summed E-state index contributed by atoms with van der Waals surface area (Å²) in [5, 5.41) is 18.6. The molecule has 0 bridgehead atoms. The topological polar surface area (TPSA) is 113 Å². The van der Waals surface area contributed by atoms with Crippen LogP contribution in [-0.2, 0) is 0 Å². The number of aliphatic hydroxyl groups excluding tert-OH is 1. The Balaban J connectivity index is 0.000000168. The van der Waals surface area contributed by atoms with Gasteiger partial charge < -0.3 is 16.2 Å². The van der Waals surface area contributed by atoms with Gasteiger partial charge in [0.1, 0.15) is 5.82 Å². The van der Waals surface area contributed by atoms with Gasteiger partial charge in [0.25, 0.3) is 0 Å². The number of aliphatic hydroxyl groups is 1. The molecule has 0 amide bonds. The second-order valence-corrected chi connectivity index (χ2v) is 6.66. The Hall–Kier alpha value is -2.93. The number of benzene rings is 1. The molecule has 0 aliphatic heterocycles. The van der Waals surface area contributed by atoms with E-state index < -0.39 is 0 Å². The molecule has 0 atom stereocenters. The van der Waals surface area contributed by atoms with E-state index in [-0.39, 0.29) is 12.1 Å². The summed E-state index contributed by atoms with van der Waals surface area (Å²) in [7, 11) is 1.81. The molecule has 7 nitrogen and oxygen atoms in total. The fourth-order valence-electron chi connectivity index (χ4n) is 2.81. The van der Waals surface area contributed by atoms with E-state index in [4.69, 9.17) is 10.8 Å². The van der Waals surface area contributed by atoms with E-state index in [1.807, 2.05) is 25.2 Å². The summed E-state index contributed by atoms with van der Waals surface area (Å²) < 4.78 is 0. The molecule has 5 N–H and O–H groups in total. The van der Waals surface area contributed by atoms with Gasteiger partial charge in [-0.2, -0.15) is 5.10 Å². The molecule has 1 fully saturated rings. The normalized spacial score (nSPS) is 13.5. The zero-order chi connectivity index (χ0) is 20.2. The van der Waals surface area contributed by atoms with Crippen LogP contribution < -0.4 is 11.1 Å². The van der Waals surface area contributed by atoms with E-state index >= 15 is 0 Å². The van der Waals surface area contributed by atoms with Gasteiger partial charge in [0, 0.05) is 13.2 Å². The van der Waals surface area contributed by atoms with Crippen molar-refractivity contribution < 1.29 is 5.11 Å². The van der Waals surface area contributed by atoms with Crippen molar-refractivity contribution in [2.75, 3.05) is 18.1 Å². The molecule has 1 aromatic carbocycles. The van der Waals surface area contributed by atoms with Crippen LogP contribution in [0, 0.1) is 6.92 Å². The SMILES string of the molecule is CNc1[nH]ncc1-c1ccnc(N)n1.Cc1ccccc1.OC1CCCCC1. The molecular weight excluding hydrogens is 352 g/mol. The molecule has 4 rings (SSSR count). The Morgan fingerprint density at radius 1 is 1.11 bits per heavy atom. The molecule has 1 aliphatic carbocycles. The fraction of sp³-hybridized carbons (Fsp3) is 0.381. The minimum absolute atomic E-state index is 0.0359. The van der Waals surface area contributed by atoms with Crippen molar-refractivity contribution in [3.8, 4) is 11.3 Å². The van der Waals surface area contributed by atoms with Crippen molar-refractivity contribution in [3.63, 3.8) is 0 Å². The quantitative estimate of drug-likeness (QED) is 0.536.